The lowest BCUT2D eigenvalue weighted by molar-refractivity contribution is 0.224. The first-order chi connectivity index (χ1) is 9.15. The molecule has 106 valence electrons. The predicted molar refractivity (Wildman–Crippen MR) is 86.4 cm³/mol. The van der Waals surface area contributed by atoms with Crippen LogP contribution in [0.15, 0.2) is 22.7 Å². The smallest absolute Gasteiger partial charge is 0.0349 e. The number of halogens is 1. The Hall–Kier alpha value is -0.340. The maximum absolute atomic E-state index is 3.61. The third-order valence-electron chi connectivity index (χ3n) is 4.83. The van der Waals surface area contributed by atoms with Crippen molar-refractivity contribution in [3.63, 3.8) is 0 Å². The Kier molecular flexibility index (Phi) is 5.47. The molecule has 0 saturated heterocycles. The normalized spacial score (nSPS) is 25.3. The second-order valence-corrected chi connectivity index (χ2v) is 6.87. The summed E-state index contributed by atoms with van der Waals surface area (Å²) in [4.78, 5) is 0. The molecule has 0 amide bonds. The zero-order valence-corrected chi connectivity index (χ0v) is 14.0. The Bertz CT molecular complexity index is 408. The van der Waals surface area contributed by atoms with Crippen molar-refractivity contribution in [3.05, 3.63) is 33.8 Å². The Morgan fingerprint density at radius 1 is 1.26 bits per heavy atom. The largest absolute Gasteiger partial charge is 0.313 e. The van der Waals surface area contributed by atoms with Crippen molar-refractivity contribution in [3.8, 4) is 0 Å². The predicted octanol–water partition coefficient (Wildman–Crippen LogP) is 5.23. The third kappa shape index (κ3) is 3.61. The third-order valence-corrected chi connectivity index (χ3v) is 5.32. The quantitative estimate of drug-likeness (QED) is 0.799. The summed E-state index contributed by atoms with van der Waals surface area (Å²) >= 11 is 3.61. The van der Waals surface area contributed by atoms with E-state index in [2.05, 4.69) is 60.3 Å². The molecule has 1 unspecified atom stereocenters. The van der Waals surface area contributed by atoms with Crippen LogP contribution in [0.4, 0.5) is 0 Å². The number of aryl methyl sites for hydroxylation is 1. The van der Waals surface area contributed by atoms with E-state index in [1.807, 2.05) is 0 Å². The molecule has 1 aromatic rings. The van der Waals surface area contributed by atoms with Gasteiger partial charge in [-0.2, -0.15) is 0 Å². The minimum Gasteiger partial charge on any atom is -0.313 e. The number of hydrogen-bond acceptors (Lipinski definition) is 1. The van der Waals surface area contributed by atoms with Gasteiger partial charge in [0.15, 0.2) is 0 Å². The molecule has 0 aromatic heterocycles. The van der Waals surface area contributed by atoms with E-state index in [0.29, 0.717) is 6.04 Å². The van der Waals surface area contributed by atoms with Gasteiger partial charge in [-0.3, -0.25) is 0 Å². The molecule has 1 N–H and O–H groups in total. The van der Waals surface area contributed by atoms with E-state index in [4.69, 9.17) is 0 Å². The minimum absolute atomic E-state index is 0.510. The lowest BCUT2D eigenvalue weighted by atomic mass is 9.75. The van der Waals surface area contributed by atoms with Gasteiger partial charge in [-0.1, -0.05) is 48.2 Å². The molecule has 1 aliphatic carbocycles. The van der Waals surface area contributed by atoms with Crippen molar-refractivity contribution in [1.29, 1.82) is 0 Å². The number of rotatable bonds is 4. The molecule has 2 heteroatoms. The Balaban J connectivity index is 2.14. The van der Waals surface area contributed by atoms with E-state index in [1.165, 1.54) is 47.7 Å². The van der Waals surface area contributed by atoms with Gasteiger partial charge < -0.3 is 5.32 Å². The SMILES string of the molecule is CCC1CCC(C(NC)c2cc(Br)ccc2C)CC1. The Morgan fingerprint density at radius 3 is 2.53 bits per heavy atom. The summed E-state index contributed by atoms with van der Waals surface area (Å²) in [5.41, 5.74) is 2.87. The first kappa shape index (κ1) is 15.1. The van der Waals surface area contributed by atoms with Crippen LogP contribution in [-0.2, 0) is 0 Å². The van der Waals surface area contributed by atoms with Crippen molar-refractivity contribution in [2.24, 2.45) is 11.8 Å². The molecule has 1 fully saturated rings. The van der Waals surface area contributed by atoms with Gasteiger partial charge in [-0.25, -0.2) is 0 Å². The number of hydrogen-bond donors (Lipinski definition) is 1. The molecule has 0 heterocycles. The highest BCUT2D eigenvalue weighted by Gasteiger charge is 2.27. The summed E-state index contributed by atoms with van der Waals surface area (Å²) in [6.07, 6.45) is 6.91. The molecular weight excluding hydrogens is 298 g/mol. The summed E-state index contributed by atoms with van der Waals surface area (Å²) in [5.74, 6) is 1.76. The molecule has 1 saturated carbocycles. The van der Waals surface area contributed by atoms with Crippen LogP contribution in [0.25, 0.3) is 0 Å². The summed E-state index contributed by atoms with van der Waals surface area (Å²) in [6, 6.07) is 7.17. The van der Waals surface area contributed by atoms with Crippen LogP contribution in [-0.4, -0.2) is 7.05 Å². The minimum atomic E-state index is 0.510. The first-order valence-electron chi connectivity index (χ1n) is 7.59. The molecule has 1 nitrogen and oxygen atoms in total. The molecule has 1 aliphatic rings. The van der Waals surface area contributed by atoms with Gasteiger partial charge >= 0.3 is 0 Å². The topological polar surface area (TPSA) is 12.0 Å². The zero-order valence-electron chi connectivity index (χ0n) is 12.4. The van der Waals surface area contributed by atoms with E-state index < -0.39 is 0 Å². The second kappa shape index (κ2) is 6.90. The molecule has 0 radical (unpaired) electrons. The van der Waals surface area contributed by atoms with Crippen LogP contribution in [0.2, 0.25) is 0 Å². The molecule has 2 rings (SSSR count). The van der Waals surface area contributed by atoms with E-state index in [-0.39, 0.29) is 0 Å². The van der Waals surface area contributed by atoms with Crippen LogP contribution in [0.5, 0.6) is 0 Å². The van der Waals surface area contributed by atoms with Crippen molar-refractivity contribution < 1.29 is 0 Å². The number of nitrogens with one attached hydrogen (secondary N) is 1. The standard InChI is InChI=1S/C17H26BrN/c1-4-13-6-8-14(9-7-13)17(19-3)16-11-15(18)10-5-12(16)2/h5,10-11,13-14,17,19H,4,6-9H2,1-3H3. The van der Waals surface area contributed by atoms with Gasteiger partial charge in [0.05, 0.1) is 0 Å². The van der Waals surface area contributed by atoms with Gasteiger partial charge in [0.2, 0.25) is 0 Å². The fourth-order valence-corrected chi connectivity index (χ4v) is 3.90. The van der Waals surface area contributed by atoms with Crippen LogP contribution < -0.4 is 5.32 Å². The average Bonchev–Trinajstić information content (AvgIpc) is 2.44. The highest BCUT2D eigenvalue weighted by atomic mass is 79.9. The Morgan fingerprint density at radius 2 is 1.95 bits per heavy atom. The fourth-order valence-electron chi connectivity index (χ4n) is 3.52. The molecule has 1 atom stereocenters. The highest BCUT2D eigenvalue weighted by molar-refractivity contribution is 9.10. The van der Waals surface area contributed by atoms with E-state index in [9.17, 15) is 0 Å². The summed E-state index contributed by atoms with van der Waals surface area (Å²) in [5, 5.41) is 3.57. The van der Waals surface area contributed by atoms with Crippen molar-refractivity contribution >= 4 is 15.9 Å². The highest BCUT2D eigenvalue weighted by Crippen LogP contribution is 2.39. The summed E-state index contributed by atoms with van der Waals surface area (Å²) < 4.78 is 1.19. The molecule has 0 spiro atoms. The van der Waals surface area contributed by atoms with Crippen LogP contribution in [0.3, 0.4) is 0 Å². The molecule has 0 bridgehead atoms. The zero-order chi connectivity index (χ0) is 13.8. The van der Waals surface area contributed by atoms with E-state index in [1.54, 1.807) is 0 Å². The monoisotopic (exact) mass is 323 g/mol. The molecule has 19 heavy (non-hydrogen) atoms. The Labute approximate surface area is 126 Å². The summed E-state index contributed by atoms with van der Waals surface area (Å²) in [6.45, 7) is 4.56. The van der Waals surface area contributed by atoms with Crippen molar-refractivity contribution in [2.45, 2.75) is 52.0 Å². The van der Waals surface area contributed by atoms with Crippen LogP contribution in [0.1, 0.15) is 56.2 Å². The average molecular weight is 324 g/mol. The maximum atomic E-state index is 3.61. The molecule has 1 aromatic carbocycles. The molecule has 0 aliphatic heterocycles. The first-order valence-corrected chi connectivity index (χ1v) is 8.38. The lowest BCUT2D eigenvalue weighted by Crippen LogP contribution is -2.29. The number of benzene rings is 1. The van der Waals surface area contributed by atoms with Gasteiger partial charge in [-0.05, 0) is 61.9 Å². The van der Waals surface area contributed by atoms with E-state index in [0.717, 1.165) is 11.8 Å². The van der Waals surface area contributed by atoms with Crippen molar-refractivity contribution in [1.82, 2.24) is 5.32 Å². The fraction of sp³-hybridized carbons (Fsp3) is 0.647. The molecular formula is C17H26BrN. The second-order valence-electron chi connectivity index (χ2n) is 5.96. The van der Waals surface area contributed by atoms with Gasteiger partial charge in [0, 0.05) is 10.5 Å². The van der Waals surface area contributed by atoms with Gasteiger partial charge in [-0.15, -0.1) is 0 Å². The van der Waals surface area contributed by atoms with Crippen LogP contribution >= 0.6 is 15.9 Å². The summed E-state index contributed by atoms with van der Waals surface area (Å²) in [7, 11) is 2.11. The van der Waals surface area contributed by atoms with Gasteiger partial charge in [0.25, 0.3) is 0 Å². The maximum Gasteiger partial charge on any atom is 0.0349 e. The lowest BCUT2D eigenvalue weighted by Gasteiger charge is -2.34. The van der Waals surface area contributed by atoms with E-state index >= 15 is 0 Å². The van der Waals surface area contributed by atoms with Crippen LogP contribution in [0, 0.1) is 18.8 Å². The van der Waals surface area contributed by atoms with Crippen molar-refractivity contribution in [2.75, 3.05) is 7.05 Å². The van der Waals surface area contributed by atoms with Gasteiger partial charge in [0.1, 0.15) is 0 Å².